The molecule has 2 fully saturated rings. The van der Waals surface area contributed by atoms with Crippen molar-refractivity contribution in [2.24, 2.45) is 22.7 Å². The second kappa shape index (κ2) is 8.41. The largest absolute Gasteiger partial charge is 0.472 e. The number of ether oxygens (including phenoxy) is 3. The SMILES string of the molecule is C#CCO[C@H]1C=C(C(C)C)[C@]2(CCCC(=O)O2)[C@H]2CC[C@]3(C)C(=CC(=O)O[C@H]3c3ccoc3)[C@]12C. The zero-order chi connectivity index (χ0) is 25.0. The van der Waals surface area contributed by atoms with Crippen molar-refractivity contribution in [1.82, 2.24) is 0 Å². The molecule has 0 amide bonds. The first-order chi connectivity index (χ1) is 16.7. The number of carbonyl (C=O) groups is 2. The van der Waals surface area contributed by atoms with Gasteiger partial charge in [0.1, 0.15) is 18.3 Å². The Morgan fingerprint density at radius 2 is 2.06 bits per heavy atom. The van der Waals surface area contributed by atoms with E-state index in [1.165, 1.54) is 0 Å². The van der Waals surface area contributed by atoms with Crippen LogP contribution < -0.4 is 0 Å². The van der Waals surface area contributed by atoms with Gasteiger partial charge in [-0.15, -0.1) is 6.42 Å². The highest BCUT2D eigenvalue weighted by Crippen LogP contribution is 2.68. The summed E-state index contributed by atoms with van der Waals surface area (Å²) in [6.45, 7) is 8.74. The monoisotopic (exact) mass is 478 g/mol. The molecule has 0 unspecified atom stereocenters. The first-order valence-electron chi connectivity index (χ1n) is 12.6. The molecule has 1 aromatic heterocycles. The highest BCUT2D eigenvalue weighted by molar-refractivity contribution is 5.85. The van der Waals surface area contributed by atoms with Crippen LogP contribution in [0.2, 0.25) is 0 Å². The Bertz CT molecular complexity index is 1120. The van der Waals surface area contributed by atoms with E-state index in [9.17, 15) is 9.59 Å². The van der Waals surface area contributed by atoms with Crippen molar-refractivity contribution in [2.45, 2.75) is 77.6 Å². The van der Waals surface area contributed by atoms with Crippen molar-refractivity contribution in [2.75, 3.05) is 6.61 Å². The fourth-order valence-corrected chi connectivity index (χ4v) is 7.57. The second-order valence-corrected chi connectivity index (χ2v) is 11.2. The van der Waals surface area contributed by atoms with E-state index in [1.807, 2.05) is 6.07 Å². The number of hydrogen-bond acceptors (Lipinski definition) is 6. The summed E-state index contributed by atoms with van der Waals surface area (Å²) >= 11 is 0. The Morgan fingerprint density at radius 3 is 2.71 bits per heavy atom. The predicted octanol–water partition coefficient (Wildman–Crippen LogP) is 5.31. The molecule has 1 aromatic rings. The lowest BCUT2D eigenvalue weighted by atomic mass is 9.44. The van der Waals surface area contributed by atoms with Gasteiger partial charge < -0.3 is 18.6 Å². The molecule has 6 heteroatoms. The van der Waals surface area contributed by atoms with Gasteiger partial charge in [0.15, 0.2) is 0 Å². The molecule has 0 radical (unpaired) electrons. The van der Waals surface area contributed by atoms with Crippen molar-refractivity contribution in [3.05, 3.63) is 47.5 Å². The maximum Gasteiger partial charge on any atom is 0.331 e. The molecule has 35 heavy (non-hydrogen) atoms. The summed E-state index contributed by atoms with van der Waals surface area (Å²) in [5.74, 6) is 2.18. The van der Waals surface area contributed by atoms with Crippen LogP contribution >= 0.6 is 0 Å². The molecule has 186 valence electrons. The van der Waals surface area contributed by atoms with Crippen LogP contribution in [0.25, 0.3) is 0 Å². The third-order valence-electron chi connectivity index (χ3n) is 8.96. The third-order valence-corrected chi connectivity index (χ3v) is 8.96. The van der Waals surface area contributed by atoms with Gasteiger partial charge in [-0.3, -0.25) is 4.79 Å². The Kier molecular flexibility index (Phi) is 5.75. The van der Waals surface area contributed by atoms with Crippen molar-refractivity contribution in [1.29, 1.82) is 0 Å². The van der Waals surface area contributed by atoms with Crippen molar-refractivity contribution in [3.63, 3.8) is 0 Å². The van der Waals surface area contributed by atoms with Crippen LogP contribution in [0, 0.1) is 35.0 Å². The van der Waals surface area contributed by atoms with E-state index in [4.69, 9.17) is 25.1 Å². The van der Waals surface area contributed by atoms with E-state index in [0.717, 1.165) is 42.4 Å². The van der Waals surface area contributed by atoms with Gasteiger partial charge in [-0.1, -0.05) is 39.7 Å². The lowest BCUT2D eigenvalue weighted by molar-refractivity contribution is -0.196. The highest BCUT2D eigenvalue weighted by atomic mass is 16.6. The molecule has 1 saturated heterocycles. The van der Waals surface area contributed by atoms with Gasteiger partial charge in [0, 0.05) is 34.8 Å². The maximum atomic E-state index is 13.0. The molecule has 0 aromatic carbocycles. The lowest BCUT2D eigenvalue weighted by Gasteiger charge is -2.64. The van der Waals surface area contributed by atoms with Gasteiger partial charge in [0.05, 0.1) is 18.6 Å². The van der Waals surface area contributed by atoms with Gasteiger partial charge in [-0.2, -0.15) is 0 Å². The molecule has 6 nitrogen and oxygen atoms in total. The average Bonchev–Trinajstić information content (AvgIpc) is 3.33. The Labute approximate surface area is 207 Å². The molecule has 2 aliphatic heterocycles. The topological polar surface area (TPSA) is 75.0 Å². The molecule has 0 bridgehead atoms. The Balaban J connectivity index is 1.72. The minimum atomic E-state index is -0.719. The molecular formula is C29H34O6. The highest BCUT2D eigenvalue weighted by Gasteiger charge is 2.67. The van der Waals surface area contributed by atoms with E-state index in [-0.39, 0.29) is 36.5 Å². The zero-order valence-corrected chi connectivity index (χ0v) is 21.0. The van der Waals surface area contributed by atoms with Crippen LogP contribution in [0.1, 0.15) is 71.5 Å². The van der Waals surface area contributed by atoms with E-state index < -0.39 is 22.5 Å². The number of esters is 2. The smallest absolute Gasteiger partial charge is 0.331 e. The fourth-order valence-electron chi connectivity index (χ4n) is 7.57. The van der Waals surface area contributed by atoms with Crippen molar-refractivity contribution < 1.29 is 28.2 Å². The molecular weight excluding hydrogens is 444 g/mol. The molecule has 6 atom stereocenters. The van der Waals surface area contributed by atoms with Crippen LogP contribution in [0.15, 0.2) is 46.3 Å². The van der Waals surface area contributed by atoms with Gasteiger partial charge in [0.25, 0.3) is 0 Å². The zero-order valence-electron chi connectivity index (χ0n) is 21.0. The molecule has 0 N–H and O–H groups in total. The first-order valence-corrected chi connectivity index (χ1v) is 12.6. The van der Waals surface area contributed by atoms with Crippen LogP contribution in [0.5, 0.6) is 0 Å². The second-order valence-electron chi connectivity index (χ2n) is 11.2. The summed E-state index contributed by atoms with van der Waals surface area (Å²) in [7, 11) is 0. The standard InChI is InChI=1S/C29H34O6/c1-6-13-33-23-15-20(18(2)3)29(11-7-8-24(30)35-29)21-9-12-27(4)22(28(21,23)5)16-25(31)34-26(27)19-10-14-32-17-19/h1,10,14-18,21,23,26H,7-9,11-13H2,2-5H3/t21-,23-,26-,27+,28+,29+/m0/s1. The number of rotatable bonds is 4. The van der Waals surface area contributed by atoms with Crippen LogP contribution in [0.3, 0.4) is 0 Å². The number of fused-ring (bicyclic) bond motifs is 4. The molecule has 4 aliphatic rings. The van der Waals surface area contributed by atoms with Gasteiger partial charge in [0.2, 0.25) is 0 Å². The third kappa shape index (κ3) is 3.42. The first kappa shape index (κ1) is 23.9. The van der Waals surface area contributed by atoms with Gasteiger partial charge in [-0.05, 0) is 48.8 Å². The van der Waals surface area contributed by atoms with Crippen molar-refractivity contribution >= 4 is 11.9 Å². The molecule has 1 spiro atoms. The van der Waals surface area contributed by atoms with Crippen molar-refractivity contribution in [3.8, 4) is 12.3 Å². The normalized spacial score (nSPS) is 38.6. The number of carbonyl (C=O) groups excluding carboxylic acids is 2. The van der Waals surface area contributed by atoms with Gasteiger partial charge in [-0.25, -0.2) is 4.79 Å². The molecule has 1 saturated carbocycles. The summed E-state index contributed by atoms with van der Waals surface area (Å²) in [5, 5.41) is 0. The lowest BCUT2D eigenvalue weighted by Crippen LogP contribution is -2.64. The number of terminal acetylenes is 1. The summed E-state index contributed by atoms with van der Waals surface area (Å²) in [6.07, 6.45) is 15.4. The van der Waals surface area contributed by atoms with E-state index in [2.05, 4.69) is 39.7 Å². The Morgan fingerprint density at radius 1 is 1.26 bits per heavy atom. The van der Waals surface area contributed by atoms with E-state index >= 15 is 0 Å². The number of hydrogen-bond donors (Lipinski definition) is 0. The molecule has 5 rings (SSSR count). The predicted molar refractivity (Wildman–Crippen MR) is 129 cm³/mol. The summed E-state index contributed by atoms with van der Waals surface area (Å²) in [6, 6.07) is 1.86. The van der Waals surface area contributed by atoms with Crippen LogP contribution in [0.4, 0.5) is 0 Å². The molecule has 2 aliphatic carbocycles. The van der Waals surface area contributed by atoms with Crippen LogP contribution in [-0.4, -0.2) is 30.3 Å². The quantitative estimate of drug-likeness (QED) is 0.332. The Hall–Kier alpha value is -2.78. The van der Waals surface area contributed by atoms with Gasteiger partial charge >= 0.3 is 11.9 Å². The summed E-state index contributed by atoms with van der Waals surface area (Å²) in [5.41, 5.74) is 1.10. The minimum Gasteiger partial charge on any atom is -0.472 e. The average molecular weight is 479 g/mol. The summed E-state index contributed by atoms with van der Waals surface area (Å²) in [4.78, 5) is 25.7. The number of furan rings is 1. The number of cyclic esters (lactones) is 1. The minimum absolute atomic E-state index is 0.0559. The maximum absolute atomic E-state index is 13.0. The molecule has 3 heterocycles. The summed E-state index contributed by atoms with van der Waals surface area (Å²) < 4.78 is 23.9. The van der Waals surface area contributed by atoms with E-state index in [1.54, 1.807) is 18.6 Å². The van der Waals surface area contributed by atoms with Crippen LogP contribution in [-0.2, 0) is 23.8 Å². The fraction of sp³-hybridized carbons (Fsp3) is 0.586. The van der Waals surface area contributed by atoms with E-state index in [0.29, 0.717) is 6.42 Å².